The summed E-state index contributed by atoms with van der Waals surface area (Å²) in [5, 5.41) is 13.8. The Kier molecular flexibility index (Phi) is 5.19. The van der Waals surface area contributed by atoms with Crippen molar-refractivity contribution in [2.75, 3.05) is 5.32 Å². The highest BCUT2D eigenvalue weighted by atomic mass is 35.5. The van der Waals surface area contributed by atoms with Gasteiger partial charge in [-0.25, -0.2) is 4.79 Å². The van der Waals surface area contributed by atoms with Gasteiger partial charge in [0, 0.05) is 33.4 Å². The molecule has 0 saturated carbocycles. The van der Waals surface area contributed by atoms with Gasteiger partial charge in [0.05, 0.1) is 4.92 Å². The fourth-order valence-electron chi connectivity index (χ4n) is 1.63. The summed E-state index contributed by atoms with van der Waals surface area (Å²) in [5.41, 5.74) is 0.812. The van der Waals surface area contributed by atoms with Crippen molar-refractivity contribution in [1.82, 2.24) is 0 Å². The quantitative estimate of drug-likeness (QED) is 0.648. The van der Waals surface area contributed by atoms with Crippen LogP contribution in [0, 0.1) is 10.1 Å². The third-order valence-electron chi connectivity index (χ3n) is 2.73. The van der Waals surface area contributed by atoms with Crippen LogP contribution in [0.1, 0.15) is 5.56 Å². The molecule has 8 heteroatoms. The Hall–Kier alpha value is -2.31. The molecule has 0 radical (unpaired) electrons. The number of hydrogen-bond donors (Lipinski definition) is 1. The standard InChI is InChI=1S/C14H10Cl2N2O4/c15-12-2-1-3-13(16)11(12)8-22-14(19)17-9-4-6-10(7-5-9)18(20)21/h1-7H,8H2,(H,17,19). The lowest BCUT2D eigenvalue weighted by atomic mass is 10.2. The second-order valence-corrected chi connectivity index (χ2v) is 5.02. The van der Waals surface area contributed by atoms with Gasteiger partial charge in [-0.2, -0.15) is 0 Å². The zero-order valence-electron chi connectivity index (χ0n) is 11.1. The van der Waals surface area contributed by atoms with E-state index in [1.54, 1.807) is 18.2 Å². The first-order valence-corrected chi connectivity index (χ1v) is 6.84. The fraction of sp³-hybridized carbons (Fsp3) is 0.0714. The van der Waals surface area contributed by atoms with Crippen LogP contribution in [0.5, 0.6) is 0 Å². The number of non-ortho nitro benzene ring substituents is 1. The van der Waals surface area contributed by atoms with E-state index in [0.717, 1.165) is 0 Å². The number of carbonyl (C=O) groups excluding carboxylic acids is 1. The summed E-state index contributed by atoms with van der Waals surface area (Å²) in [5.74, 6) is 0. The molecule has 0 aliphatic heterocycles. The molecule has 6 nitrogen and oxygen atoms in total. The Balaban J connectivity index is 1.94. The summed E-state index contributed by atoms with van der Waals surface area (Å²) in [6.07, 6.45) is -0.718. The second kappa shape index (κ2) is 7.11. The summed E-state index contributed by atoms with van der Waals surface area (Å²) >= 11 is 11.9. The minimum absolute atomic E-state index is 0.0678. The molecule has 0 aliphatic rings. The minimum Gasteiger partial charge on any atom is -0.444 e. The van der Waals surface area contributed by atoms with E-state index >= 15 is 0 Å². The number of nitro groups is 1. The van der Waals surface area contributed by atoms with Gasteiger partial charge >= 0.3 is 6.09 Å². The van der Waals surface area contributed by atoms with Crippen molar-refractivity contribution in [2.24, 2.45) is 0 Å². The van der Waals surface area contributed by atoms with Gasteiger partial charge in [-0.1, -0.05) is 29.3 Å². The first-order chi connectivity index (χ1) is 10.5. The molecule has 0 spiro atoms. The summed E-state index contributed by atoms with van der Waals surface area (Å²) in [4.78, 5) is 21.7. The lowest BCUT2D eigenvalue weighted by molar-refractivity contribution is -0.384. The van der Waals surface area contributed by atoms with Crippen LogP contribution in [0.4, 0.5) is 16.2 Å². The maximum atomic E-state index is 11.7. The molecule has 0 heterocycles. The predicted molar refractivity (Wildman–Crippen MR) is 83.4 cm³/mol. The number of hydrogen-bond acceptors (Lipinski definition) is 4. The Morgan fingerprint density at radius 1 is 1.14 bits per heavy atom. The molecule has 0 saturated heterocycles. The van der Waals surface area contributed by atoms with Gasteiger partial charge in [-0.3, -0.25) is 15.4 Å². The van der Waals surface area contributed by atoms with Crippen molar-refractivity contribution in [3.8, 4) is 0 Å². The lowest BCUT2D eigenvalue weighted by Gasteiger charge is -2.09. The van der Waals surface area contributed by atoms with Crippen molar-refractivity contribution < 1.29 is 14.5 Å². The molecule has 2 aromatic rings. The molecule has 114 valence electrons. The first-order valence-electron chi connectivity index (χ1n) is 6.08. The zero-order valence-corrected chi connectivity index (χ0v) is 12.6. The van der Waals surface area contributed by atoms with Gasteiger partial charge in [-0.05, 0) is 24.3 Å². The maximum absolute atomic E-state index is 11.7. The number of rotatable bonds is 4. The van der Waals surface area contributed by atoms with Crippen molar-refractivity contribution in [3.63, 3.8) is 0 Å². The van der Waals surface area contributed by atoms with E-state index in [1.807, 2.05) is 0 Å². The Morgan fingerprint density at radius 2 is 1.73 bits per heavy atom. The highest BCUT2D eigenvalue weighted by Crippen LogP contribution is 2.25. The van der Waals surface area contributed by atoms with Gasteiger partial charge in [0.25, 0.3) is 5.69 Å². The Morgan fingerprint density at radius 3 is 2.27 bits per heavy atom. The largest absolute Gasteiger partial charge is 0.444 e. The van der Waals surface area contributed by atoms with Crippen LogP contribution in [0.15, 0.2) is 42.5 Å². The van der Waals surface area contributed by atoms with E-state index in [2.05, 4.69) is 5.32 Å². The number of nitrogens with one attached hydrogen (secondary N) is 1. The topological polar surface area (TPSA) is 81.5 Å². The SMILES string of the molecule is O=C(Nc1ccc([N+](=O)[O-])cc1)OCc1c(Cl)cccc1Cl. The molecule has 1 N–H and O–H groups in total. The average Bonchev–Trinajstić information content (AvgIpc) is 2.47. The first kappa shape index (κ1) is 16.1. The second-order valence-electron chi connectivity index (χ2n) is 4.21. The van der Waals surface area contributed by atoms with Crippen molar-refractivity contribution in [3.05, 3.63) is 68.2 Å². The van der Waals surface area contributed by atoms with E-state index in [4.69, 9.17) is 27.9 Å². The third-order valence-corrected chi connectivity index (χ3v) is 3.44. The van der Waals surface area contributed by atoms with Crippen molar-refractivity contribution >= 4 is 40.7 Å². The smallest absolute Gasteiger partial charge is 0.411 e. The van der Waals surface area contributed by atoms with E-state index < -0.39 is 11.0 Å². The highest BCUT2D eigenvalue weighted by Gasteiger charge is 2.10. The van der Waals surface area contributed by atoms with E-state index in [0.29, 0.717) is 21.3 Å². The number of anilines is 1. The summed E-state index contributed by atoms with van der Waals surface area (Å²) < 4.78 is 5.02. The van der Waals surface area contributed by atoms with E-state index in [9.17, 15) is 14.9 Å². The molecule has 22 heavy (non-hydrogen) atoms. The molecule has 0 fully saturated rings. The number of amides is 1. The molecular formula is C14H10Cl2N2O4. The molecule has 0 aromatic heterocycles. The fourth-order valence-corrected chi connectivity index (χ4v) is 2.13. The van der Waals surface area contributed by atoms with Crippen LogP contribution in [0.2, 0.25) is 10.0 Å². The number of benzene rings is 2. The van der Waals surface area contributed by atoms with Crippen LogP contribution in [-0.2, 0) is 11.3 Å². The van der Waals surface area contributed by atoms with E-state index in [1.165, 1.54) is 24.3 Å². The van der Waals surface area contributed by atoms with Crippen LogP contribution >= 0.6 is 23.2 Å². The molecular weight excluding hydrogens is 331 g/mol. The highest BCUT2D eigenvalue weighted by molar-refractivity contribution is 6.35. The van der Waals surface area contributed by atoms with Crippen molar-refractivity contribution in [2.45, 2.75) is 6.61 Å². The average molecular weight is 341 g/mol. The van der Waals surface area contributed by atoms with Crippen LogP contribution in [0.3, 0.4) is 0 Å². The minimum atomic E-state index is -0.718. The van der Waals surface area contributed by atoms with Gasteiger partial charge in [0.1, 0.15) is 6.61 Å². The number of nitrogens with zero attached hydrogens (tertiary/aromatic N) is 1. The molecule has 0 aliphatic carbocycles. The van der Waals surface area contributed by atoms with Gasteiger partial charge in [0.2, 0.25) is 0 Å². The number of ether oxygens (including phenoxy) is 1. The molecule has 2 aromatic carbocycles. The third kappa shape index (κ3) is 4.09. The predicted octanol–water partition coefficient (Wildman–Crippen LogP) is 4.65. The van der Waals surface area contributed by atoms with Crippen LogP contribution < -0.4 is 5.32 Å². The number of nitro benzene ring substituents is 1. The summed E-state index contributed by atoms with van der Waals surface area (Å²) in [6.45, 7) is -0.0860. The van der Waals surface area contributed by atoms with Gasteiger partial charge < -0.3 is 4.74 Å². The van der Waals surface area contributed by atoms with Gasteiger partial charge in [0.15, 0.2) is 0 Å². The molecule has 0 unspecified atom stereocenters. The molecule has 2 rings (SSSR count). The number of carbonyl (C=O) groups is 1. The monoisotopic (exact) mass is 340 g/mol. The maximum Gasteiger partial charge on any atom is 0.411 e. The lowest BCUT2D eigenvalue weighted by Crippen LogP contribution is -2.13. The van der Waals surface area contributed by atoms with Crippen LogP contribution in [0.25, 0.3) is 0 Å². The Bertz CT molecular complexity index is 684. The zero-order chi connectivity index (χ0) is 16.1. The van der Waals surface area contributed by atoms with E-state index in [-0.39, 0.29) is 12.3 Å². The molecule has 1 amide bonds. The molecule has 0 bridgehead atoms. The molecule has 0 atom stereocenters. The Labute approximate surface area is 135 Å². The van der Waals surface area contributed by atoms with Crippen molar-refractivity contribution in [1.29, 1.82) is 0 Å². The van der Waals surface area contributed by atoms with Gasteiger partial charge in [-0.15, -0.1) is 0 Å². The van der Waals surface area contributed by atoms with Crippen LogP contribution in [-0.4, -0.2) is 11.0 Å². The number of halogens is 2. The summed E-state index contributed by atoms with van der Waals surface area (Å²) in [7, 11) is 0. The normalized spacial score (nSPS) is 10.1. The summed E-state index contributed by atoms with van der Waals surface area (Å²) in [6, 6.07) is 10.3.